The van der Waals surface area contributed by atoms with Crippen molar-refractivity contribution in [2.75, 3.05) is 18.8 Å². The summed E-state index contributed by atoms with van der Waals surface area (Å²) in [5, 5.41) is 19.0. The number of aromatic nitrogens is 5. The Morgan fingerprint density at radius 2 is 2.10 bits per heavy atom. The fraction of sp³-hybridized carbons (Fsp3) is 0.294. The number of halogens is 1. The number of nitrogens with two attached hydrogens (primary N) is 1. The van der Waals surface area contributed by atoms with Crippen LogP contribution in [-0.2, 0) is 6.54 Å². The van der Waals surface area contributed by atoms with E-state index in [1.165, 1.54) is 23.0 Å². The second kappa shape index (κ2) is 9.01. The number of nitrogen functional groups attached to an aromatic ring is 1. The fourth-order valence-corrected chi connectivity index (χ4v) is 2.58. The minimum Gasteiger partial charge on any atom is -0.378 e. The number of benzene rings is 1. The molecule has 3 rings (SSSR count). The first-order chi connectivity index (χ1) is 14.0. The molecule has 1 amide bonds. The van der Waals surface area contributed by atoms with Crippen LogP contribution in [-0.4, -0.2) is 55.4 Å². The summed E-state index contributed by atoms with van der Waals surface area (Å²) >= 11 is 0. The quantitative estimate of drug-likeness (QED) is 0.420. The summed E-state index contributed by atoms with van der Waals surface area (Å²) in [5.74, 6) is -0.914. The Kier molecular flexibility index (Phi) is 6.24. The Hall–Kier alpha value is -3.67. The summed E-state index contributed by atoms with van der Waals surface area (Å²) in [7, 11) is 0. The van der Waals surface area contributed by atoms with E-state index >= 15 is 0 Å². The maximum atomic E-state index is 13.7. The average Bonchev–Trinajstić information content (AvgIpc) is 3.33. The Bertz CT molecular complexity index is 1010. The third-order valence-electron chi connectivity index (χ3n) is 4.22. The van der Waals surface area contributed by atoms with Crippen LogP contribution in [0.3, 0.4) is 0 Å². The number of hydrogen-bond donors (Lipinski definition) is 2. The standard InChI is InChI=1S/C17H20FN9O2/c1-3-26(4-2)10-13-14(21-25-27(13)16-15(19)23-29-24-16)17(28)22-20-9-11-7-5-6-8-12(11)18/h5-9H,3-4,10H2,1-2H3,(H2,19,23)(H,22,28). The van der Waals surface area contributed by atoms with Gasteiger partial charge in [0.05, 0.1) is 11.9 Å². The number of nitrogens with zero attached hydrogens (tertiary/aromatic N) is 7. The van der Waals surface area contributed by atoms with Gasteiger partial charge in [-0.2, -0.15) is 9.78 Å². The zero-order valence-electron chi connectivity index (χ0n) is 15.9. The molecule has 0 atom stereocenters. The van der Waals surface area contributed by atoms with Crippen molar-refractivity contribution in [1.82, 2.24) is 35.6 Å². The molecule has 2 heterocycles. The second-order valence-electron chi connectivity index (χ2n) is 5.95. The van der Waals surface area contributed by atoms with Crippen LogP contribution in [0.25, 0.3) is 5.82 Å². The van der Waals surface area contributed by atoms with E-state index in [0.29, 0.717) is 12.2 Å². The molecule has 0 radical (unpaired) electrons. The number of carbonyl (C=O) groups excluding carboxylic acids is 1. The number of hydrogen-bond acceptors (Lipinski definition) is 9. The van der Waals surface area contributed by atoms with Crippen molar-refractivity contribution < 1.29 is 13.8 Å². The van der Waals surface area contributed by atoms with Crippen LogP contribution in [0.2, 0.25) is 0 Å². The number of nitrogens with one attached hydrogen (secondary N) is 1. The van der Waals surface area contributed by atoms with Crippen molar-refractivity contribution in [1.29, 1.82) is 0 Å². The second-order valence-corrected chi connectivity index (χ2v) is 5.95. The molecule has 2 aromatic heterocycles. The van der Waals surface area contributed by atoms with E-state index in [4.69, 9.17) is 5.73 Å². The van der Waals surface area contributed by atoms with Crippen LogP contribution < -0.4 is 11.2 Å². The molecule has 3 aromatic rings. The SMILES string of the molecule is CCN(CC)Cc1c(C(=O)NN=Cc2ccccc2F)nnn1-c1nonc1N. The molecule has 12 heteroatoms. The van der Waals surface area contributed by atoms with Gasteiger partial charge in [0.25, 0.3) is 5.91 Å². The van der Waals surface area contributed by atoms with Gasteiger partial charge in [-0.05, 0) is 29.5 Å². The Labute approximate surface area is 165 Å². The highest BCUT2D eigenvalue weighted by Gasteiger charge is 2.24. The van der Waals surface area contributed by atoms with E-state index in [9.17, 15) is 9.18 Å². The molecule has 0 bridgehead atoms. The van der Waals surface area contributed by atoms with Gasteiger partial charge in [-0.1, -0.05) is 37.3 Å². The molecule has 0 saturated carbocycles. The zero-order valence-corrected chi connectivity index (χ0v) is 15.9. The number of anilines is 1. The maximum absolute atomic E-state index is 13.7. The maximum Gasteiger partial charge on any atom is 0.293 e. The van der Waals surface area contributed by atoms with Gasteiger partial charge in [-0.25, -0.2) is 14.4 Å². The van der Waals surface area contributed by atoms with Crippen LogP contribution in [0.4, 0.5) is 10.2 Å². The molecular weight excluding hydrogens is 381 g/mol. The third-order valence-corrected chi connectivity index (χ3v) is 4.22. The van der Waals surface area contributed by atoms with E-state index in [0.717, 1.165) is 13.1 Å². The molecule has 3 N–H and O–H groups in total. The lowest BCUT2D eigenvalue weighted by atomic mass is 10.2. The smallest absolute Gasteiger partial charge is 0.293 e. The molecule has 11 nitrogen and oxygen atoms in total. The van der Waals surface area contributed by atoms with E-state index in [1.807, 2.05) is 13.8 Å². The highest BCUT2D eigenvalue weighted by Crippen LogP contribution is 2.17. The van der Waals surface area contributed by atoms with Gasteiger partial charge in [-0.3, -0.25) is 9.69 Å². The fourth-order valence-electron chi connectivity index (χ4n) is 2.58. The van der Waals surface area contributed by atoms with Crippen molar-refractivity contribution >= 4 is 17.9 Å². The molecule has 0 fully saturated rings. The summed E-state index contributed by atoms with van der Waals surface area (Å²) in [5.41, 5.74) is 8.80. The molecule has 0 aliphatic rings. The van der Waals surface area contributed by atoms with Gasteiger partial charge in [0, 0.05) is 12.1 Å². The molecule has 0 aliphatic carbocycles. The predicted molar refractivity (Wildman–Crippen MR) is 102 cm³/mol. The lowest BCUT2D eigenvalue weighted by molar-refractivity contribution is 0.0948. The van der Waals surface area contributed by atoms with E-state index < -0.39 is 11.7 Å². The molecule has 1 aromatic carbocycles. The van der Waals surface area contributed by atoms with Gasteiger partial charge in [0.15, 0.2) is 5.69 Å². The first-order valence-electron chi connectivity index (χ1n) is 8.88. The van der Waals surface area contributed by atoms with Crippen molar-refractivity contribution in [3.05, 3.63) is 47.0 Å². The molecule has 29 heavy (non-hydrogen) atoms. The largest absolute Gasteiger partial charge is 0.378 e. The van der Waals surface area contributed by atoms with Gasteiger partial charge in [0.2, 0.25) is 11.6 Å². The summed E-state index contributed by atoms with van der Waals surface area (Å²) < 4.78 is 19.6. The van der Waals surface area contributed by atoms with Gasteiger partial charge < -0.3 is 5.73 Å². The predicted octanol–water partition coefficient (Wildman–Crippen LogP) is 0.977. The van der Waals surface area contributed by atoms with Gasteiger partial charge in [-0.15, -0.1) is 5.10 Å². The average molecular weight is 401 g/mol. The van der Waals surface area contributed by atoms with E-state index in [1.54, 1.807) is 12.1 Å². The summed E-state index contributed by atoms with van der Waals surface area (Å²) in [6.45, 7) is 5.80. The number of amides is 1. The van der Waals surface area contributed by atoms with Crippen LogP contribution in [0, 0.1) is 5.82 Å². The van der Waals surface area contributed by atoms with Crippen LogP contribution in [0.15, 0.2) is 34.0 Å². The molecule has 0 unspecified atom stereocenters. The van der Waals surface area contributed by atoms with Crippen LogP contribution >= 0.6 is 0 Å². The van der Waals surface area contributed by atoms with Crippen LogP contribution in [0.1, 0.15) is 35.6 Å². The molecule has 0 aliphatic heterocycles. The van der Waals surface area contributed by atoms with Gasteiger partial charge in [0.1, 0.15) is 5.82 Å². The molecular formula is C17H20FN9O2. The van der Waals surface area contributed by atoms with E-state index in [2.05, 4.69) is 40.7 Å². The highest BCUT2D eigenvalue weighted by molar-refractivity contribution is 5.94. The van der Waals surface area contributed by atoms with Crippen LogP contribution in [0.5, 0.6) is 0 Å². The molecule has 0 saturated heterocycles. The van der Waals surface area contributed by atoms with Gasteiger partial charge >= 0.3 is 0 Å². The Morgan fingerprint density at radius 3 is 2.76 bits per heavy atom. The summed E-state index contributed by atoms with van der Waals surface area (Å²) in [6.07, 6.45) is 1.21. The summed E-state index contributed by atoms with van der Waals surface area (Å²) in [6, 6.07) is 6.06. The van der Waals surface area contributed by atoms with Crippen molar-refractivity contribution in [3.8, 4) is 5.82 Å². The third kappa shape index (κ3) is 4.43. The number of rotatable bonds is 8. The van der Waals surface area contributed by atoms with Crippen molar-refractivity contribution in [2.24, 2.45) is 5.10 Å². The number of hydrazone groups is 1. The molecule has 152 valence electrons. The monoisotopic (exact) mass is 401 g/mol. The summed E-state index contributed by atoms with van der Waals surface area (Å²) in [4.78, 5) is 14.7. The first kappa shape index (κ1) is 20.1. The zero-order chi connectivity index (χ0) is 20.8. The Balaban J connectivity index is 1.87. The first-order valence-corrected chi connectivity index (χ1v) is 8.88. The number of carbonyl (C=O) groups is 1. The minimum atomic E-state index is -0.610. The lowest BCUT2D eigenvalue weighted by Crippen LogP contribution is -2.27. The van der Waals surface area contributed by atoms with Crippen molar-refractivity contribution in [3.63, 3.8) is 0 Å². The van der Waals surface area contributed by atoms with E-state index in [-0.39, 0.29) is 22.9 Å². The molecule has 0 spiro atoms. The Morgan fingerprint density at radius 1 is 1.34 bits per heavy atom. The normalized spacial score (nSPS) is 11.4. The topological polar surface area (TPSA) is 140 Å². The lowest BCUT2D eigenvalue weighted by Gasteiger charge is -2.18. The van der Waals surface area contributed by atoms with Crippen molar-refractivity contribution in [2.45, 2.75) is 20.4 Å². The minimum absolute atomic E-state index is 0.0141. The highest BCUT2D eigenvalue weighted by atomic mass is 19.1.